The first-order valence-corrected chi connectivity index (χ1v) is 5.95. The second kappa shape index (κ2) is 6.33. The molecule has 20 heavy (non-hydrogen) atoms. The van der Waals surface area contributed by atoms with Gasteiger partial charge in [0.25, 0.3) is 0 Å². The number of imidazole rings is 1. The average molecular weight is 264 g/mol. The van der Waals surface area contributed by atoms with Crippen molar-refractivity contribution in [3.05, 3.63) is 66.3 Å². The van der Waals surface area contributed by atoms with E-state index in [4.69, 9.17) is 15.3 Å². The molecule has 98 valence electrons. The van der Waals surface area contributed by atoms with E-state index in [1.807, 2.05) is 42.5 Å². The van der Waals surface area contributed by atoms with Crippen LogP contribution in [0.4, 0.5) is 0 Å². The third-order valence-corrected chi connectivity index (χ3v) is 2.74. The van der Waals surface area contributed by atoms with Gasteiger partial charge in [0.15, 0.2) is 17.6 Å². The fraction of sp³-hybridized carbons (Fsp3) is 0.133. The highest BCUT2D eigenvalue weighted by Gasteiger charge is 2.16. The van der Waals surface area contributed by atoms with Gasteiger partial charge in [-0.2, -0.15) is 10.5 Å². The molecule has 0 N–H and O–H groups in total. The highest BCUT2D eigenvalue weighted by molar-refractivity contribution is 5.36. The Morgan fingerprint density at radius 1 is 1.30 bits per heavy atom. The lowest BCUT2D eigenvalue weighted by Crippen LogP contribution is -2.11. The van der Waals surface area contributed by atoms with Crippen LogP contribution in [-0.4, -0.2) is 9.55 Å². The van der Waals surface area contributed by atoms with Crippen LogP contribution in [0.15, 0.2) is 49.3 Å². The van der Waals surface area contributed by atoms with Crippen LogP contribution in [0.3, 0.4) is 0 Å². The van der Waals surface area contributed by atoms with E-state index in [9.17, 15) is 0 Å². The van der Waals surface area contributed by atoms with Crippen molar-refractivity contribution in [1.82, 2.24) is 9.55 Å². The number of rotatable bonds is 5. The van der Waals surface area contributed by atoms with Crippen LogP contribution < -0.4 is 0 Å². The van der Waals surface area contributed by atoms with E-state index in [1.165, 1.54) is 10.9 Å². The van der Waals surface area contributed by atoms with Gasteiger partial charge in [0.1, 0.15) is 12.1 Å². The SMILES string of the molecule is C=CC(OCc1ccccc1)n1cnc(C#N)c1C#N. The van der Waals surface area contributed by atoms with E-state index in [0.29, 0.717) is 6.61 Å². The third-order valence-electron chi connectivity index (χ3n) is 2.74. The van der Waals surface area contributed by atoms with Crippen LogP contribution in [0, 0.1) is 22.7 Å². The Morgan fingerprint density at radius 2 is 2.05 bits per heavy atom. The van der Waals surface area contributed by atoms with E-state index in [1.54, 1.807) is 6.08 Å². The average Bonchev–Trinajstić information content (AvgIpc) is 2.92. The molecule has 2 aromatic rings. The summed E-state index contributed by atoms with van der Waals surface area (Å²) in [5, 5.41) is 18.0. The molecule has 0 fully saturated rings. The predicted molar refractivity (Wildman–Crippen MR) is 72.1 cm³/mol. The Labute approximate surface area is 117 Å². The van der Waals surface area contributed by atoms with Crippen LogP contribution >= 0.6 is 0 Å². The Hall–Kier alpha value is -2.89. The Kier molecular flexibility index (Phi) is 4.28. The summed E-state index contributed by atoms with van der Waals surface area (Å²) in [6, 6.07) is 13.5. The van der Waals surface area contributed by atoms with Crippen LogP contribution in [0.1, 0.15) is 23.2 Å². The van der Waals surface area contributed by atoms with Gasteiger partial charge in [-0.25, -0.2) is 4.98 Å². The Balaban J connectivity index is 2.17. The molecule has 0 bridgehead atoms. The molecule has 0 aliphatic rings. The summed E-state index contributed by atoms with van der Waals surface area (Å²) in [4.78, 5) is 3.88. The number of ether oxygens (including phenoxy) is 1. The van der Waals surface area contributed by atoms with E-state index < -0.39 is 6.23 Å². The maximum atomic E-state index is 9.10. The number of hydrogen-bond donors (Lipinski definition) is 0. The molecule has 1 heterocycles. The predicted octanol–water partition coefficient (Wildman–Crippen LogP) is 2.53. The summed E-state index contributed by atoms with van der Waals surface area (Å²) in [7, 11) is 0. The van der Waals surface area contributed by atoms with Gasteiger partial charge < -0.3 is 4.74 Å². The molecular formula is C15H12N4O. The van der Waals surface area contributed by atoms with Crippen molar-refractivity contribution >= 4 is 0 Å². The van der Waals surface area contributed by atoms with E-state index in [0.717, 1.165) is 5.56 Å². The van der Waals surface area contributed by atoms with Gasteiger partial charge in [-0.1, -0.05) is 36.9 Å². The van der Waals surface area contributed by atoms with Crippen molar-refractivity contribution in [2.45, 2.75) is 12.8 Å². The van der Waals surface area contributed by atoms with Crippen LogP contribution in [0.5, 0.6) is 0 Å². The minimum atomic E-state index is -0.542. The van der Waals surface area contributed by atoms with Gasteiger partial charge in [-0.05, 0) is 11.6 Å². The lowest BCUT2D eigenvalue weighted by molar-refractivity contribution is 0.0247. The highest BCUT2D eigenvalue weighted by atomic mass is 16.5. The van der Waals surface area contributed by atoms with Crippen LogP contribution in [-0.2, 0) is 11.3 Å². The van der Waals surface area contributed by atoms with E-state index >= 15 is 0 Å². The molecule has 5 nitrogen and oxygen atoms in total. The first-order valence-electron chi connectivity index (χ1n) is 5.95. The van der Waals surface area contributed by atoms with Gasteiger partial charge in [0.2, 0.25) is 0 Å². The second-order valence-corrected chi connectivity index (χ2v) is 4.00. The molecule has 2 rings (SSSR count). The van der Waals surface area contributed by atoms with E-state index in [-0.39, 0.29) is 11.4 Å². The largest absolute Gasteiger partial charge is 0.350 e. The maximum Gasteiger partial charge on any atom is 0.176 e. The molecule has 0 radical (unpaired) electrons. The van der Waals surface area contributed by atoms with Gasteiger partial charge in [0, 0.05) is 0 Å². The Bertz CT molecular complexity index is 676. The lowest BCUT2D eigenvalue weighted by atomic mass is 10.2. The fourth-order valence-electron chi connectivity index (χ4n) is 1.76. The molecule has 0 spiro atoms. The van der Waals surface area contributed by atoms with Crippen molar-refractivity contribution < 1.29 is 4.74 Å². The molecule has 1 aromatic carbocycles. The molecule has 1 aromatic heterocycles. The molecule has 5 heteroatoms. The standard InChI is InChI=1S/C15H12N4O/c1-2-15(20-10-12-6-4-3-5-7-12)19-11-18-13(8-16)14(19)9-17/h2-7,11,15H,1,10H2. The van der Waals surface area contributed by atoms with Gasteiger partial charge in [-0.3, -0.25) is 4.57 Å². The van der Waals surface area contributed by atoms with Crippen molar-refractivity contribution in [3.8, 4) is 12.1 Å². The maximum absolute atomic E-state index is 9.10. The summed E-state index contributed by atoms with van der Waals surface area (Å²) in [6.45, 7) is 4.07. The topological polar surface area (TPSA) is 74.6 Å². The quantitative estimate of drug-likeness (QED) is 0.778. The molecule has 0 saturated carbocycles. The third kappa shape index (κ3) is 2.74. The number of aromatic nitrogens is 2. The van der Waals surface area contributed by atoms with Gasteiger partial charge >= 0.3 is 0 Å². The minimum absolute atomic E-state index is 0.0858. The number of hydrogen-bond acceptors (Lipinski definition) is 4. The summed E-state index contributed by atoms with van der Waals surface area (Å²) in [5.41, 5.74) is 1.27. The zero-order valence-electron chi connectivity index (χ0n) is 10.7. The highest BCUT2D eigenvalue weighted by Crippen LogP contribution is 2.17. The monoisotopic (exact) mass is 264 g/mol. The number of nitriles is 2. The second-order valence-electron chi connectivity index (χ2n) is 4.00. The molecule has 0 aliphatic heterocycles. The first-order chi connectivity index (χ1) is 9.80. The van der Waals surface area contributed by atoms with Crippen LogP contribution in [0.25, 0.3) is 0 Å². The number of benzene rings is 1. The summed E-state index contributed by atoms with van der Waals surface area (Å²) in [6.07, 6.45) is 2.43. The van der Waals surface area contributed by atoms with Crippen molar-refractivity contribution in [2.24, 2.45) is 0 Å². The smallest absolute Gasteiger partial charge is 0.176 e. The van der Waals surface area contributed by atoms with E-state index in [2.05, 4.69) is 11.6 Å². The normalized spacial score (nSPS) is 11.3. The zero-order valence-corrected chi connectivity index (χ0v) is 10.7. The van der Waals surface area contributed by atoms with Crippen molar-refractivity contribution in [2.75, 3.05) is 0 Å². The molecule has 1 atom stereocenters. The molecule has 0 saturated heterocycles. The molecular weight excluding hydrogens is 252 g/mol. The molecule has 1 unspecified atom stereocenters. The lowest BCUT2D eigenvalue weighted by Gasteiger charge is -2.16. The van der Waals surface area contributed by atoms with Crippen LogP contribution in [0.2, 0.25) is 0 Å². The Morgan fingerprint density at radius 3 is 2.65 bits per heavy atom. The van der Waals surface area contributed by atoms with Gasteiger partial charge in [0.05, 0.1) is 12.9 Å². The van der Waals surface area contributed by atoms with Crippen molar-refractivity contribution in [3.63, 3.8) is 0 Å². The fourth-order valence-corrected chi connectivity index (χ4v) is 1.76. The summed E-state index contributed by atoms with van der Waals surface area (Å²) >= 11 is 0. The number of nitrogens with zero attached hydrogens (tertiary/aromatic N) is 4. The van der Waals surface area contributed by atoms with Crippen molar-refractivity contribution in [1.29, 1.82) is 10.5 Å². The minimum Gasteiger partial charge on any atom is -0.350 e. The molecule has 0 amide bonds. The molecule has 0 aliphatic carbocycles. The zero-order chi connectivity index (χ0) is 14.4. The summed E-state index contributed by atoms with van der Waals surface area (Å²) in [5.74, 6) is 0. The summed E-state index contributed by atoms with van der Waals surface area (Å²) < 4.78 is 7.20. The first kappa shape index (κ1) is 13.5. The van der Waals surface area contributed by atoms with Gasteiger partial charge in [-0.15, -0.1) is 0 Å².